The average molecular weight is 114 g/mol. The van der Waals surface area contributed by atoms with Gasteiger partial charge in [-0.3, -0.25) is 0 Å². The first-order valence-electron chi connectivity index (χ1n) is 2.33. The van der Waals surface area contributed by atoms with Crippen molar-refractivity contribution >= 4 is 17.7 Å². The molecule has 7 heavy (non-hydrogen) atoms. The Labute approximate surface area is 48.6 Å². The van der Waals surface area contributed by atoms with Crippen molar-refractivity contribution in [1.82, 2.24) is 0 Å². The minimum absolute atomic E-state index is 1.06. The second-order valence-electron chi connectivity index (χ2n) is 1.50. The normalized spacial score (nSPS) is 19.3. The van der Waals surface area contributed by atoms with Gasteiger partial charge in [-0.2, -0.15) is 0 Å². The standard InChI is InChI=1S/C5H7NS/c7-5-3-1-2-4-6-5/h2,4H,1,3H2,(H,6,7)/p+1. The van der Waals surface area contributed by atoms with Crippen molar-refractivity contribution in [3.8, 4) is 0 Å². The molecule has 38 valence electrons. The van der Waals surface area contributed by atoms with Crippen LogP contribution in [0.15, 0.2) is 17.3 Å². The lowest BCUT2D eigenvalue weighted by Gasteiger charge is -1.91. The van der Waals surface area contributed by atoms with Crippen LogP contribution in [0.1, 0.15) is 12.8 Å². The zero-order chi connectivity index (χ0) is 5.11. The fraction of sp³-hybridized carbons (Fsp3) is 0.400. The van der Waals surface area contributed by atoms with E-state index in [1.807, 2.05) is 6.20 Å². The third-order valence-corrected chi connectivity index (χ3v) is 1.26. The van der Waals surface area contributed by atoms with Crippen molar-refractivity contribution in [1.29, 1.82) is 0 Å². The Hall–Kier alpha value is -0.240. The minimum Gasteiger partial charge on any atom is -0.215 e. The summed E-state index contributed by atoms with van der Waals surface area (Å²) >= 11 is 3.33. The van der Waals surface area contributed by atoms with E-state index in [0.29, 0.717) is 0 Å². The van der Waals surface area contributed by atoms with E-state index in [2.05, 4.69) is 23.7 Å². The molecule has 0 saturated carbocycles. The summed E-state index contributed by atoms with van der Waals surface area (Å²) in [6.07, 6.45) is 6.07. The molecule has 0 bridgehead atoms. The van der Waals surface area contributed by atoms with Gasteiger partial charge in [-0.1, -0.05) is 6.08 Å². The fourth-order valence-corrected chi connectivity index (χ4v) is 0.721. The minimum atomic E-state index is 1.06. The molecule has 1 rings (SSSR count). The van der Waals surface area contributed by atoms with E-state index >= 15 is 0 Å². The Morgan fingerprint density at radius 1 is 1.71 bits per heavy atom. The van der Waals surface area contributed by atoms with Gasteiger partial charge in [-0.05, 0) is 6.42 Å². The third-order valence-electron chi connectivity index (χ3n) is 0.884. The van der Waals surface area contributed by atoms with Gasteiger partial charge in [-0.15, -0.1) is 0 Å². The van der Waals surface area contributed by atoms with Crippen LogP contribution in [0.5, 0.6) is 0 Å². The molecule has 0 radical (unpaired) electrons. The van der Waals surface area contributed by atoms with E-state index in [0.717, 1.165) is 17.9 Å². The second-order valence-corrected chi connectivity index (χ2v) is 2.08. The molecule has 0 aromatic carbocycles. The number of rotatable bonds is 0. The first kappa shape index (κ1) is 4.91. The summed E-state index contributed by atoms with van der Waals surface area (Å²) in [5.74, 6) is 0. The lowest BCUT2D eigenvalue weighted by molar-refractivity contribution is 1.08. The molecule has 0 atom stereocenters. The number of nitrogens with zero attached hydrogens (tertiary/aromatic N) is 1. The van der Waals surface area contributed by atoms with E-state index in [9.17, 15) is 0 Å². The molecule has 0 amide bonds. The summed E-state index contributed by atoms with van der Waals surface area (Å²) in [5, 5.41) is 1.06. The summed E-state index contributed by atoms with van der Waals surface area (Å²) in [6.45, 7) is 0. The number of hydrogen-bond acceptors (Lipinski definition) is 1. The van der Waals surface area contributed by atoms with Gasteiger partial charge in [0.1, 0.15) is 0 Å². The maximum absolute atomic E-state index is 3.98. The zero-order valence-corrected chi connectivity index (χ0v) is 5.02. The Balaban J connectivity index is 2.57. The Morgan fingerprint density at radius 2 is 2.57 bits per heavy atom. The molecule has 1 aliphatic heterocycles. The van der Waals surface area contributed by atoms with Crippen LogP contribution in [-0.2, 0) is 12.6 Å². The molecule has 0 aliphatic carbocycles. The van der Waals surface area contributed by atoms with Gasteiger partial charge in [0.2, 0.25) is 5.04 Å². The Morgan fingerprint density at radius 3 is 2.86 bits per heavy atom. The zero-order valence-electron chi connectivity index (χ0n) is 4.02. The van der Waals surface area contributed by atoms with Crippen LogP contribution < -0.4 is 0 Å². The van der Waals surface area contributed by atoms with E-state index in [1.165, 1.54) is 0 Å². The first-order chi connectivity index (χ1) is 3.39. The number of hydrogen-bond donors (Lipinski definition) is 0. The first-order valence-corrected chi connectivity index (χ1v) is 2.83. The fourth-order valence-electron chi connectivity index (χ4n) is 0.502. The molecule has 1 nitrogen and oxygen atoms in total. The molecule has 0 unspecified atom stereocenters. The summed E-state index contributed by atoms with van der Waals surface area (Å²) in [5.41, 5.74) is 0. The van der Waals surface area contributed by atoms with E-state index in [4.69, 9.17) is 0 Å². The lowest BCUT2D eigenvalue weighted by Crippen LogP contribution is -1.92. The summed E-state index contributed by atoms with van der Waals surface area (Å²) in [6, 6.07) is 0. The van der Waals surface area contributed by atoms with E-state index in [1.54, 1.807) is 0 Å². The SMILES string of the molecule is [SH2+]C1=NC=CCC1. The highest BCUT2D eigenvalue weighted by Gasteiger charge is 1.98. The van der Waals surface area contributed by atoms with Gasteiger partial charge in [0.05, 0.1) is 0 Å². The van der Waals surface area contributed by atoms with E-state index < -0.39 is 0 Å². The van der Waals surface area contributed by atoms with Crippen molar-refractivity contribution in [2.24, 2.45) is 4.99 Å². The number of allylic oxidation sites excluding steroid dienone is 1. The van der Waals surface area contributed by atoms with Gasteiger partial charge in [-0.25, -0.2) is 4.99 Å². The average Bonchev–Trinajstić information content (AvgIpc) is 1.69. The molecule has 1 aliphatic rings. The van der Waals surface area contributed by atoms with Crippen molar-refractivity contribution < 1.29 is 0 Å². The van der Waals surface area contributed by atoms with Crippen LogP contribution in [0.4, 0.5) is 0 Å². The van der Waals surface area contributed by atoms with Crippen molar-refractivity contribution in [3.63, 3.8) is 0 Å². The van der Waals surface area contributed by atoms with Gasteiger partial charge in [0.25, 0.3) is 0 Å². The van der Waals surface area contributed by atoms with Crippen molar-refractivity contribution in [3.05, 3.63) is 12.3 Å². The molecule has 0 aromatic rings. The maximum Gasteiger partial charge on any atom is 0.218 e. The molecule has 2 heteroatoms. The molecule has 0 spiro atoms. The monoisotopic (exact) mass is 114 g/mol. The van der Waals surface area contributed by atoms with Crippen LogP contribution in [0.2, 0.25) is 0 Å². The molecule has 0 N–H and O–H groups in total. The number of aliphatic imine (C=N–C) groups is 1. The second kappa shape index (κ2) is 2.17. The largest absolute Gasteiger partial charge is 0.218 e. The molecular formula is C5H8NS+. The van der Waals surface area contributed by atoms with Crippen molar-refractivity contribution in [2.45, 2.75) is 12.8 Å². The topological polar surface area (TPSA) is 12.4 Å². The van der Waals surface area contributed by atoms with Gasteiger partial charge < -0.3 is 0 Å². The van der Waals surface area contributed by atoms with Gasteiger partial charge in [0.15, 0.2) is 0 Å². The molecular weight excluding hydrogens is 106 g/mol. The Kier molecular flexibility index (Phi) is 1.52. The summed E-state index contributed by atoms with van der Waals surface area (Å²) in [7, 11) is 0. The van der Waals surface area contributed by atoms with Crippen LogP contribution >= 0.6 is 0 Å². The van der Waals surface area contributed by atoms with Crippen LogP contribution in [0.25, 0.3) is 0 Å². The smallest absolute Gasteiger partial charge is 0.215 e. The molecule has 0 saturated heterocycles. The summed E-state index contributed by atoms with van der Waals surface area (Å²) < 4.78 is 0. The van der Waals surface area contributed by atoms with Crippen molar-refractivity contribution in [2.75, 3.05) is 0 Å². The van der Waals surface area contributed by atoms with Crippen LogP contribution in [-0.4, -0.2) is 5.04 Å². The predicted molar refractivity (Wildman–Crippen MR) is 36.0 cm³/mol. The summed E-state index contributed by atoms with van der Waals surface area (Å²) in [4.78, 5) is 3.98. The molecule has 0 fully saturated rings. The maximum atomic E-state index is 3.98. The highest BCUT2D eigenvalue weighted by Crippen LogP contribution is 1.99. The highest BCUT2D eigenvalue weighted by atomic mass is 32.1. The quantitative estimate of drug-likeness (QED) is 0.411. The lowest BCUT2D eigenvalue weighted by atomic mass is 10.3. The van der Waals surface area contributed by atoms with Crippen LogP contribution in [0, 0.1) is 0 Å². The van der Waals surface area contributed by atoms with Crippen LogP contribution in [0.3, 0.4) is 0 Å². The molecule has 0 aromatic heterocycles. The highest BCUT2D eigenvalue weighted by molar-refractivity contribution is 7.77. The third kappa shape index (κ3) is 1.35. The molecule has 1 heterocycles. The predicted octanol–water partition coefficient (Wildman–Crippen LogP) is 0.704. The van der Waals surface area contributed by atoms with Gasteiger partial charge in [0, 0.05) is 25.2 Å². The van der Waals surface area contributed by atoms with E-state index in [-0.39, 0.29) is 0 Å². The Bertz CT molecular complexity index is 115. The van der Waals surface area contributed by atoms with Gasteiger partial charge >= 0.3 is 0 Å².